The van der Waals surface area contributed by atoms with Crippen LogP contribution in [0, 0.1) is 0 Å². The molecule has 1 aliphatic rings. The summed E-state index contributed by atoms with van der Waals surface area (Å²) in [6, 6.07) is 28.3. The van der Waals surface area contributed by atoms with Crippen molar-refractivity contribution >= 4 is 17.2 Å². The molecule has 3 aromatic rings. The average molecular weight is 311 g/mol. The molecule has 24 heavy (non-hydrogen) atoms. The Bertz CT molecular complexity index is 885. The number of carbonyl (C=O) groups is 1. The fraction of sp³-hybridized carbons (Fsp3) is 0.0455. The molecule has 0 fully saturated rings. The van der Waals surface area contributed by atoms with E-state index in [-0.39, 0.29) is 5.91 Å². The van der Waals surface area contributed by atoms with Crippen LogP contribution >= 0.6 is 0 Å². The van der Waals surface area contributed by atoms with Crippen molar-refractivity contribution in [2.45, 2.75) is 0 Å². The van der Waals surface area contributed by atoms with E-state index in [1.54, 1.807) is 4.90 Å². The summed E-state index contributed by atoms with van der Waals surface area (Å²) >= 11 is 0. The zero-order chi connectivity index (χ0) is 16.5. The minimum Gasteiger partial charge on any atom is -0.310 e. The highest BCUT2D eigenvalue weighted by Gasteiger charge is 2.32. The summed E-state index contributed by atoms with van der Waals surface area (Å²) in [5, 5.41) is 0. The highest BCUT2D eigenvalue weighted by Crippen LogP contribution is 2.39. The third-order valence-electron chi connectivity index (χ3n) is 4.41. The fourth-order valence-corrected chi connectivity index (χ4v) is 3.29. The van der Waals surface area contributed by atoms with Gasteiger partial charge in [0, 0.05) is 23.7 Å². The van der Waals surface area contributed by atoms with Crippen LogP contribution in [0.3, 0.4) is 0 Å². The molecule has 2 heteroatoms. The van der Waals surface area contributed by atoms with Gasteiger partial charge >= 0.3 is 0 Å². The molecule has 0 radical (unpaired) electrons. The van der Waals surface area contributed by atoms with Crippen LogP contribution in [0.15, 0.2) is 84.9 Å². The Morgan fingerprint density at radius 3 is 1.67 bits per heavy atom. The van der Waals surface area contributed by atoms with E-state index < -0.39 is 0 Å². The van der Waals surface area contributed by atoms with Gasteiger partial charge in [0.1, 0.15) is 0 Å². The Labute approximate surface area is 141 Å². The molecular weight excluding hydrogens is 294 g/mol. The minimum atomic E-state index is 0.0463. The predicted molar refractivity (Wildman–Crippen MR) is 97.3 cm³/mol. The summed E-state index contributed by atoms with van der Waals surface area (Å²) in [5.41, 5.74) is 6.02. The van der Waals surface area contributed by atoms with Gasteiger partial charge in [-0.1, -0.05) is 78.9 Å². The topological polar surface area (TPSA) is 20.3 Å². The first-order valence-corrected chi connectivity index (χ1v) is 8.00. The lowest BCUT2D eigenvalue weighted by Crippen LogP contribution is -2.18. The lowest BCUT2D eigenvalue weighted by atomic mass is 9.93. The van der Waals surface area contributed by atoms with Crippen molar-refractivity contribution in [3.8, 4) is 0 Å². The average Bonchev–Trinajstić information content (AvgIpc) is 2.90. The molecule has 3 aromatic carbocycles. The summed E-state index contributed by atoms with van der Waals surface area (Å²) in [5.74, 6) is 0.0463. The van der Waals surface area contributed by atoms with E-state index in [0.29, 0.717) is 0 Å². The number of hydrogen-bond donors (Lipinski definition) is 0. The Morgan fingerprint density at radius 2 is 1.12 bits per heavy atom. The minimum absolute atomic E-state index is 0.0463. The normalized spacial score (nSPS) is 13.1. The van der Waals surface area contributed by atoms with Crippen LogP contribution in [0.1, 0.15) is 27.0 Å². The van der Waals surface area contributed by atoms with Crippen LogP contribution in [0.25, 0.3) is 11.3 Å². The van der Waals surface area contributed by atoms with Crippen molar-refractivity contribution in [3.05, 3.63) is 107 Å². The summed E-state index contributed by atoms with van der Waals surface area (Å²) in [6.07, 6.45) is 0. The van der Waals surface area contributed by atoms with Crippen molar-refractivity contribution in [1.82, 2.24) is 4.90 Å². The van der Waals surface area contributed by atoms with Gasteiger partial charge in [-0.2, -0.15) is 0 Å². The molecule has 0 saturated carbocycles. The van der Waals surface area contributed by atoms with Crippen molar-refractivity contribution in [2.24, 2.45) is 0 Å². The molecule has 1 heterocycles. The molecule has 0 N–H and O–H groups in total. The van der Waals surface area contributed by atoms with Crippen LogP contribution in [-0.4, -0.2) is 17.9 Å². The second-order valence-corrected chi connectivity index (χ2v) is 5.87. The highest BCUT2D eigenvalue weighted by molar-refractivity contribution is 6.15. The fourth-order valence-electron chi connectivity index (χ4n) is 3.29. The first kappa shape index (κ1) is 14.5. The molecule has 2 nitrogen and oxygen atoms in total. The number of fused-ring (bicyclic) bond motifs is 1. The van der Waals surface area contributed by atoms with Gasteiger partial charge in [0.2, 0.25) is 0 Å². The summed E-state index contributed by atoms with van der Waals surface area (Å²) < 4.78 is 0. The van der Waals surface area contributed by atoms with Crippen LogP contribution < -0.4 is 0 Å². The van der Waals surface area contributed by atoms with Crippen LogP contribution in [0.2, 0.25) is 0 Å². The maximum absolute atomic E-state index is 12.7. The number of hydrogen-bond acceptors (Lipinski definition) is 1. The highest BCUT2D eigenvalue weighted by atomic mass is 16.2. The SMILES string of the molecule is CN1C(=O)c2ccccc2C1=C(c1ccccc1)c1ccccc1. The van der Waals surface area contributed by atoms with Crippen molar-refractivity contribution < 1.29 is 4.79 Å². The molecule has 0 aromatic heterocycles. The van der Waals surface area contributed by atoms with Gasteiger partial charge in [0.25, 0.3) is 5.91 Å². The molecular formula is C22H17NO. The van der Waals surface area contributed by atoms with E-state index in [1.165, 1.54) is 0 Å². The Morgan fingerprint density at radius 1 is 0.667 bits per heavy atom. The van der Waals surface area contributed by atoms with E-state index >= 15 is 0 Å². The largest absolute Gasteiger partial charge is 0.310 e. The molecule has 116 valence electrons. The second-order valence-electron chi connectivity index (χ2n) is 5.87. The molecule has 0 aliphatic carbocycles. The Kier molecular flexibility index (Phi) is 3.51. The molecule has 0 atom stereocenters. The number of amides is 1. The van der Waals surface area contributed by atoms with Crippen molar-refractivity contribution in [3.63, 3.8) is 0 Å². The van der Waals surface area contributed by atoms with E-state index in [2.05, 4.69) is 24.3 Å². The van der Waals surface area contributed by atoms with Crippen molar-refractivity contribution in [1.29, 1.82) is 0 Å². The van der Waals surface area contributed by atoms with Gasteiger partial charge in [-0.3, -0.25) is 4.79 Å². The van der Waals surface area contributed by atoms with E-state index in [1.807, 2.05) is 67.7 Å². The zero-order valence-electron chi connectivity index (χ0n) is 13.4. The number of rotatable bonds is 2. The van der Waals surface area contributed by atoms with Crippen molar-refractivity contribution in [2.75, 3.05) is 7.05 Å². The zero-order valence-corrected chi connectivity index (χ0v) is 13.4. The molecule has 1 amide bonds. The smallest absolute Gasteiger partial charge is 0.258 e. The standard InChI is InChI=1S/C22H17NO/c1-23-21(18-14-8-9-15-19(18)22(23)24)20(16-10-4-2-5-11-16)17-12-6-3-7-13-17/h2-15H,1H3. The first-order valence-electron chi connectivity index (χ1n) is 8.00. The maximum Gasteiger partial charge on any atom is 0.258 e. The van der Waals surface area contributed by atoms with E-state index in [0.717, 1.165) is 33.5 Å². The molecule has 1 aliphatic heterocycles. The van der Waals surface area contributed by atoms with Gasteiger partial charge in [-0.05, 0) is 17.2 Å². The Hall–Kier alpha value is -3.13. The second kappa shape index (κ2) is 5.82. The van der Waals surface area contributed by atoms with Gasteiger partial charge in [-0.25, -0.2) is 0 Å². The molecule has 4 rings (SSSR count). The number of nitrogens with zero attached hydrogens (tertiary/aromatic N) is 1. The predicted octanol–water partition coefficient (Wildman–Crippen LogP) is 4.69. The summed E-state index contributed by atoms with van der Waals surface area (Å²) in [4.78, 5) is 14.4. The third-order valence-corrected chi connectivity index (χ3v) is 4.41. The molecule has 0 bridgehead atoms. The van der Waals surface area contributed by atoms with E-state index in [9.17, 15) is 4.79 Å². The third kappa shape index (κ3) is 2.24. The Balaban J connectivity index is 2.07. The van der Waals surface area contributed by atoms with Crippen LogP contribution in [0.5, 0.6) is 0 Å². The first-order chi connectivity index (χ1) is 11.8. The molecule has 0 saturated heterocycles. The van der Waals surface area contributed by atoms with Gasteiger partial charge < -0.3 is 4.90 Å². The molecule has 0 unspecified atom stereocenters. The van der Waals surface area contributed by atoms with Gasteiger partial charge in [0.05, 0.1) is 5.70 Å². The summed E-state index contributed by atoms with van der Waals surface area (Å²) in [7, 11) is 1.85. The number of carbonyl (C=O) groups excluding carboxylic acids is 1. The van der Waals surface area contributed by atoms with Gasteiger partial charge in [0.15, 0.2) is 0 Å². The quantitative estimate of drug-likeness (QED) is 0.672. The van der Waals surface area contributed by atoms with Gasteiger partial charge in [-0.15, -0.1) is 0 Å². The lowest BCUT2D eigenvalue weighted by Gasteiger charge is -2.19. The monoisotopic (exact) mass is 311 g/mol. The van der Waals surface area contributed by atoms with Crippen LogP contribution in [-0.2, 0) is 0 Å². The maximum atomic E-state index is 12.7. The van der Waals surface area contributed by atoms with Crippen LogP contribution in [0.4, 0.5) is 0 Å². The lowest BCUT2D eigenvalue weighted by molar-refractivity contribution is 0.0875. The number of benzene rings is 3. The molecule has 0 spiro atoms. The summed E-state index contributed by atoms with van der Waals surface area (Å²) in [6.45, 7) is 0. The van der Waals surface area contributed by atoms with E-state index in [4.69, 9.17) is 0 Å².